The number of rotatable bonds is 6. The Morgan fingerprint density at radius 3 is 2.48 bits per heavy atom. The average molecular weight is 307 g/mol. The summed E-state index contributed by atoms with van der Waals surface area (Å²) in [5, 5.41) is 3.79. The fraction of sp³-hybridized carbons (Fsp3) is 0.231. The molecule has 0 saturated carbocycles. The molecule has 0 aliphatic rings. The number of ether oxygens (including phenoxy) is 2. The molecular weight excluding hydrogens is 290 g/mol. The monoisotopic (exact) mass is 307 g/mol. The van der Waals surface area contributed by atoms with Crippen molar-refractivity contribution in [3.63, 3.8) is 0 Å². The number of benzene rings is 1. The van der Waals surface area contributed by atoms with E-state index in [1.807, 2.05) is 24.5 Å². The molecule has 0 unspecified atom stereocenters. The number of methoxy groups -OCH3 is 2. The number of nitrogens with one attached hydrogen (secondary N) is 2. The van der Waals surface area contributed by atoms with Gasteiger partial charge in [-0.2, -0.15) is 0 Å². The largest absolute Gasteiger partial charge is 0.497 e. The van der Waals surface area contributed by atoms with Gasteiger partial charge in [-0.05, 0) is 18.4 Å². The summed E-state index contributed by atoms with van der Waals surface area (Å²) in [4.78, 5) is 8.58. The second-order valence-corrected chi connectivity index (χ2v) is 4.73. The zero-order chi connectivity index (χ0) is 15.2. The Morgan fingerprint density at radius 2 is 1.86 bits per heavy atom. The van der Waals surface area contributed by atoms with Crippen LogP contribution in [-0.4, -0.2) is 30.4 Å². The molecule has 4 N–H and O–H groups in total. The molecule has 21 heavy (non-hydrogen) atoms. The Kier molecular flexibility index (Phi) is 5.07. The molecule has 7 nitrogen and oxygen atoms in total. The van der Waals surface area contributed by atoms with Gasteiger partial charge in [-0.3, -0.25) is 0 Å². The topological polar surface area (TPSA) is 94.3 Å². The van der Waals surface area contributed by atoms with Crippen LogP contribution in [0.5, 0.6) is 11.5 Å². The minimum Gasteiger partial charge on any atom is -0.497 e. The van der Waals surface area contributed by atoms with Crippen molar-refractivity contribution in [2.24, 2.45) is 5.84 Å². The Hall–Kier alpha value is -2.19. The molecule has 0 amide bonds. The number of hydrogen-bond donors (Lipinski definition) is 3. The molecule has 2 aromatic rings. The van der Waals surface area contributed by atoms with Gasteiger partial charge in [0, 0.05) is 12.1 Å². The lowest BCUT2D eigenvalue weighted by Gasteiger charge is -2.13. The molecule has 1 heterocycles. The Morgan fingerprint density at radius 1 is 1.10 bits per heavy atom. The van der Waals surface area contributed by atoms with E-state index in [2.05, 4.69) is 20.7 Å². The van der Waals surface area contributed by atoms with Gasteiger partial charge in [0.25, 0.3) is 0 Å². The number of anilines is 3. The molecule has 1 aromatic heterocycles. The first-order valence-electron chi connectivity index (χ1n) is 6.09. The van der Waals surface area contributed by atoms with E-state index in [0.29, 0.717) is 22.5 Å². The third kappa shape index (κ3) is 3.67. The Labute approximate surface area is 127 Å². The number of nitrogen functional groups attached to an aromatic ring is 1. The number of thioether (sulfide) groups is 1. The first kappa shape index (κ1) is 15.2. The molecule has 112 valence electrons. The molecule has 0 spiro atoms. The van der Waals surface area contributed by atoms with Crippen LogP contribution in [-0.2, 0) is 0 Å². The van der Waals surface area contributed by atoms with Gasteiger partial charge in [-0.25, -0.2) is 15.8 Å². The van der Waals surface area contributed by atoms with Crippen LogP contribution in [0, 0.1) is 0 Å². The van der Waals surface area contributed by atoms with Crippen molar-refractivity contribution in [2.75, 3.05) is 31.2 Å². The van der Waals surface area contributed by atoms with Crippen LogP contribution in [0.1, 0.15) is 0 Å². The van der Waals surface area contributed by atoms with Gasteiger partial charge >= 0.3 is 0 Å². The molecule has 1 aromatic carbocycles. The smallest absolute Gasteiger partial charge is 0.191 e. The molecule has 0 aliphatic heterocycles. The molecular formula is C13H17N5O2S. The zero-order valence-electron chi connectivity index (χ0n) is 12.0. The maximum Gasteiger partial charge on any atom is 0.191 e. The van der Waals surface area contributed by atoms with Crippen molar-refractivity contribution >= 4 is 29.1 Å². The van der Waals surface area contributed by atoms with E-state index in [0.717, 1.165) is 11.4 Å². The summed E-state index contributed by atoms with van der Waals surface area (Å²) in [7, 11) is 3.21. The van der Waals surface area contributed by atoms with E-state index in [1.54, 1.807) is 20.3 Å². The van der Waals surface area contributed by atoms with Crippen LogP contribution in [0.3, 0.4) is 0 Å². The molecule has 8 heteroatoms. The number of nitrogens with zero attached hydrogens (tertiary/aromatic N) is 2. The summed E-state index contributed by atoms with van der Waals surface area (Å²) in [5.74, 6) is 7.95. The van der Waals surface area contributed by atoms with Crippen LogP contribution in [0.4, 0.5) is 17.3 Å². The number of hydrogen-bond acceptors (Lipinski definition) is 8. The van der Waals surface area contributed by atoms with Crippen LogP contribution >= 0.6 is 11.8 Å². The van der Waals surface area contributed by atoms with Gasteiger partial charge < -0.3 is 20.2 Å². The molecule has 0 radical (unpaired) electrons. The summed E-state index contributed by atoms with van der Waals surface area (Å²) < 4.78 is 10.5. The summed E-state index contributed by atoms with van der Waals surface area (Å²) in [6.45, 7) is 0. The summed E-state index contributed by atoms with van der Waals surface area (Å²) >= 11 is 1.43. The molecule has 0 atom stereocenters. The van der Waals surface area contributed by atoms with E-state index in [1.165, 1.54) is 11.8 Å². The predicted molar refractivity (Wildman–Crippen MR) is 84.5 cm³/mol. The van der Waals surface area contributed by atoms with E-state index in [4.69, 9.17) is 15.3 Å². The maximum atomic E-state index is 5.42. The van der Waals surface area contributed by atoms with Crippen LogP contribution in [0.25, 0.3) is 0 Å². The third-order valence-electron chi connectivity index (χ3n) is 2.71. The maximum absolute atomic E-state index is 5.42. The van der Waals surface area contributed by atoms with Crippen LogP contribution in [0.15, 0.2) is 29.4 Å². The quantitative estimate of drug-likeness (QED) is 0.324. The predicted octanol–water partition coefficient (Wildman–Crippen LogP) is 2.24. The van der Waals surface area contributed by atoms with Crippen molar-refractivity contribution in [3.05, 3.63) is 24.3 Å². The van der Waals surface area contributed by atoms with Gasteiger partial charge in [-0.15, -0.1) is 0 Å². The fourth-order valence-corrected chi connectivity index (χ4v) is 2.08. The lowest BCUT2D eigenvalue weighted by atomic mass is 10.2. The Bertz CT molecular complexity index is 601. The number of aromatic nitrogens is 2. The van der Waals surface area contributed by atoms with E-state index in [9.17, 15) is 0 Å². The van der Waals surface area contributed by atoms with Gasteiger partial charge in [0.2, 0.25) is 0 Å². The summed E-state index contributed by atoms with van der Waals surface area (Å²) in [6, 6.07) is 7.18. The molecule has 0 bridgehead atoms. The highest BCUT2D eigenvalue weighted by Gasteiger charge is 2.08. The Balaban J connectivity index is 2.36. The minimum absolute atomic E-state index is 0.527. The first-order valence-corrected chi connectivity index (χ1v) is 7.31. The lowest BCUT2D eigenvalue weighted by molar-refractivity contribution is 0.405. The highest BCUT2D eigenvalue weighted by Crippen LogP contribution is 2.31. The van der Waals surface area contributed by atoms with Crippen LogP contribution in [0.2, 0.25) is 0 Å². The number of nitrogens with two attached hydrogens (primary N) is 1. The van der Waals surface area contributed by atoms with Crippen molar-refractivity contribution in [2.45, 2.75) is 5.16 Å². The third-order valence-corrected chi connectivity index (χ3v) is 3.25. The van der Waals surface area contributed by atoms with Crippen molar-refractivity contribution < 1.29 is 9.47 Å². The van der Waals surface area contributed by atoms with Crippen molar-refractivity contribution in [1.82, 2.24) is 9.97 Å². The first-order chi connectivity index (χ1) is 10.2. The highest BCUT2D eigenvalue weighted by molar-refractivity contribution is 7.98. The number of hydrazine groups is 1. The minimum atomic E-state index is 0.527. The summed E-state index contributed by atoms with van der Waals surface area (Å²) in [6.07, 6.45) is 1.89. The molecule has 0 fully saturated rings. The van der Waals surface area contributed by atoms with Gasteiger partial charge in [-0.1, -0.05) is 11.8 Å². The second kappa shape index (κ2) is 7.00. The highest BCUT2D eigenvalue weighted by atomic mass is 32.2. The van der Waals surface area contributed by atoms with Gasteiger partial charge in [0.05, 0.1) is 19.9 Å². The molecule has 0 aliphatic carbocycles. The molecule has 2 rings (SSSR count). The fourth-order valence-electron chi connectivity index (χ4n) is 1.70. The lowest BCUT2D eigenvalue weighted by Crippen LogP contribution is -2.10. The standard InChI is InChI=1S/C13H17N5O2S/c1-19-8-4-5-10(20-2)9(6-8)15-11-7-12(18-14)17-13(16-11)21-3/h4-7H,14H2,1-3H3,(H2,15,16,17,18). The molecule has 0 saturated heterocycles. The van der Waals surface area contributed by atoms with Crippen molar-refractivity contribution in [3.8, 4) is 11.5 Å². The van der Waals surface area contributed by atoms with E-state index in [-0.39, 0.29) is 0 Å². The van der Waals surface area contributed by atoms with Gasteiger partial charge in [0.1, 0.15) is 23.1 Å². The normalized spacial score (nSPS) is 10.1. The van der Waals surface area contributed by atoms with E-state index < -0.39 is 0 Å². The second-order valence-electron chi connectivity index (χ2n) is 3.96. The SMILES string of the molecule is COc1ccc(OC)c(Nc2cc(NN)nc(SC)n2)c1. The zero-order valence-corrected chi connectivity index (χ0v) is 12.8. The average Bonchev–Trinajstić information content (AvgIpc) is 2.54. The van der Waals surface area contributed by atoms with Gasteiger partial charge in [0.15, 0.2) is 5.16 Å². The summed E-state index contributed by atoms with van der Waals surface area (Å²) in [5.41, 5.74) is 3.26. The van der Waals surface area contributed by atoms with Crippen molar-refractivity contribution in [1.29, 1.82) is 0 Å². The van der Waals surface area contributed by atoms with Crippen LogP contribution < -0.4 is 26.1 Å². The van der Waals surface area contributed by atoms with E-state index >= 15 is 0 Å².